The van der Waals surface area contributed by atoms with Crippen LogP contribution in [0.5, 0.6) is 5.75 Å². The van der Waals surface area contributed by atoms with Crippen molar-refractivity contribution in [2.24, 2.45) is 5.73 Å². The van der Waals surface area contributed by atoms with Crippen LogP contribution in [-0.2, 0) is 5.41 Å². The Morgan fingerprint density at radius 1 is 1.21 bits per heavy atom. The summed E-state index contributed by atoms with van der Waals surface area (Å²) in [5.74, 6) is 0.828. The Morgan fingerprint density at radius 3 is 2.37 bits per heavy atom. The van der Waals surface area contributed by atoms with Crippen LogP contribution in [0.15, 0.2) is 24.3 Å². The van der Waals surface area contributed by atoms with E-state index >= 15 is 0 Å². The number of methoxy groups -OCH3 is 1. The van der Waals surface area contributed by atoms with Crippen molar-refractivity contribution in [3.63, 3.8) is 0 Å². The van der Waals surface area contributed by atoms with Gasteiger partial charge in [-0.3, -0.25) is 0 Å². The Bertz CT molecular complexity index is 543. The lowest BCUT2D eigenvalue weighted by Crippen LogP contribution is -2.19. The van der Waals surface area contributed by atoms with Crippen molar-refractivity contribution in [1.82, 2.24) is 9.59 Å². The second-order valence-corrected chi connectivity index (χ2v) is 6.27. The number of aromatic nitrogens is 2. The Labute approximate surface area is 117 Å². The minimum absolute atomic E-state index is 0.0492. The maximum atomic E-state index is 6.34. The van der Waals surface area contributed by atoms with Crippen molar-refractivity contribution in [3.05, 3.63) is 40.4 Å². The summed E-state index contributed by atoms with van der Waals surface area (Å²) in [4.78, 5) is 1.03. The average molecular weight is 277 g/mol. The fraction of sp³-hybridized carbons (Fsp3) is 0.429. The van der Waals surface area contributed by atoms with Gasteiger partial charge < -0.3 is 10.5 Å². The standard InChI is InChI=1S/C14H19N3OS/c1-14(2,3)13-12(19-17-16-13)11(15)9-5-7-10(18-4)8-6-9/h5-8,11H,15H2,1-4H3. The fourth-order valence-electron chi connectivity index (χ4n) is 1.88. The molecule has 1 atom stereocenters. The molecular weight excluding hydrogens is 258 g/mol. The number of hydrogen-bond acceptors (Lipinski definition) is 5. The zero-order valence-electron chi connectivity index (χ0n) is 11.7. The number of rotatable bonds is 3. The first-order chi connectivity index (χ1) is 8.93. The molecule has 2 rings (SSSR count). The number of hydrogen-bond donors (Lipinski definition) is 1. The van der Waals surface area contributed by atoms with E-state index in [-0.39, 0.29) is 11.5 Å². The first kappa shape index (κ1) is 14.0. The molecule has 0 amide bonds. The van der Waals surface area contributed by atoms with Gasteiger partial charge in [-0.05, 0) is 29.2 Å². The maximum Gasteiger partial charge on any atom is 0.118 e. The molecule has 0 saturated carbocycles. The van der Waals surface area contributed by atoms with E-state index in [4.69, 9.17) is 10.5 Å². The van der Waals surface area contributed by atoms with Gasteiger partial charge in [-0.25, -0.2) is 0 Å². The summed E-state index contributed by atoms with van der Waals surface area (Å²) in [5.41, 5.74) is 8.30. The molecule has 1 unspecified atom stereocenters. The highest BCUT2D eigenvalue weighted by atomic mass is 32.1. The van der Waals surface area contributed by atoms with Gasteiger partial charge in [0.15, 0.2) is 0 Å². The van der Waals surface area contributed by atoms with E-state index in [9.17, 15) is 0 Å². The molecule has 2 aromatic rings. The Morgan fingerprint density at radius 2 is 1.84 bits per heavy atom. The van der Waals surface area contributed by atoms with Gasteiger partial charge in [-0.2, -0.15) is 0 Å². The molecule has 0 aliphatic heterocycles. The highest BCUT2D eigenvalue weighted by molar-refractivity contribution is 7.05. The zero-order valence-corrected chi connectivity index (χ0v) is 12.5. The highest BCUT2D eigenvalue weighted by Crippen LogP contribution is 2.32. The van der Waals surface area contributed by atoms with Crippen molar-refractivity contribution < 1.29 is 4.74 Å². The van der Waals surface area contributed by atoms with E-state index in [2.05, 4.69) is 30.4 Å². The van der Waals surface area contributed by atoms with Crippen LogP contribution < -0.4 is 10.5 Å². The zero-order chi connectivity index (χ0) is 14.0. The molecule has 4 nitrogen and oxygen atoms in total. The van der Waals surface area contributed by atoms with E-state index < -0.39 is 0 Å². The van der Waals surface area contributed by atoms with E-state index in [1.54, 1.807) is 7.11 Å². The molecule has 0 spiro atoms. The third-order valence-electron chi connectivity index (χ3n) is 2.98. The van der Waals surface area contributed by atoms with Crippen molar-refractivity contribution in [2.75, 3.05) is 7.11 Å². The van der Waals surface area contributed by atoms with E-state index in [1.165, 1.54) is 11.5 Å². The fourth-order valence-corrected chi connectivity index (χ4v) is 2.78. The van der Waals surface area contributed by atoms with Crippen molar-refractivity contribution >= 4 is 11.5 Å². The summed E-state index contributed by atoms with van der Waals surface area (Å²) in [6.07, 6.45) is 0. The monoisotopic (exact) mass is 277 g/mol. The Balaban J connectivity index is 2.33. The summed E-state index contributed by atoms with van der Waals surface area (Å²) in [7, 11) is 1.65. The minimum atomic E-state index is -0.194. The third kappa shape index (κ3) is 2.93. The number of benzene rings is 1. The van der Waals surface area contributed by atoms with Gasteiger partial charge in [0.25, 0.3) is 0 Å². The predicted octanol–water partition coefficient (Wildman–Crippen LogP) is 2.89. The molecule has 0 aliphatic carbocycles. The molecule has 0 saturated heterocycles. The van der Waals surface area contributed by atoms with Crippen LogP contribution in [0.4, 0.5) is 0 Å². The van der Waals surface area contributed by atoms with Crippen molar-refractivity contribution in [3.8, 4) is 5.75 Å². The number of ether oxygens (including phenoxy) is 1. The normalized spacial score (nSPS) is 13.3. The van der Waals surface area contributed by atoms with Gasteiger partial charge in [0.2, 0.25) is 0 Å². The second kappa shape index (κ2) is 5.27. The summed E-state index contributed by atoms with van der Waals surface area (Å²) >= 11 is 1.37. The molecule has 0 fully saturated rings. The van der Waals surface area contributed by atoms with Gasteiger partial charge in [-0.15, -0.1) is 5.10 Å². The molecule has 19 heavy (non-hydrogen) atoms. The molecule has 0 radical (unpaired) electrons. The number of nitrogens with two attached hydrogens (primary N) is 1. The van der Waals surface area contributed by atoms with Crippen LogP contribution in [0.2, 0.25) is 0 Å². The molecule has 102 valence electrons. The molecule has 1 aromatic carbocycles. The molecule has 2 N–H and O–H groups in total. The minimum Gasteiger partial charge on any atom is -0.497 e. The van der Waals surface area contributed by atoms with Gasteiger partial charge in [-0.1, -0.05) is 37.4 Å². The van der Waals surface area contributed by atoms with Crippen molar-refractivity contribution in [2.45, 2.75) is 32.2 Å². The molecular formula is C14H19N3OS. The molecule has 1 heterocycles. The lowest BCUT2D eigenvalue weighted by atomic mass is 9.89. The molecule has 1 aromatic heterocycles. The quantitative estimate of drug-likeness (QED) is 0.937. The first-order valence-electron chi connectivity index (χ1n) is 6.15. The third-order valence-corrected chi connectivity index (χ3v) is 3.79. The lowest BCUT2D eigenvalue weighted by molar-refractivity contribution is 0.414. The topological polar surface area (TPSA) is 61.0 Å². The molecule has 5 heteroatoms. The summed E-state index contributed by atoms with van der Waals surface area (Å²) in [5, 5.41) is 4.23. The van der Waals surface area contributed by atoms with E-state index in [1.807, 2.05) is 24.3 Å². The summed E-state index contributed by atoms with van der Waals surface area (Å²) in [6, 6.07) is 7.60. The van der Waals surface area contributed by atoms with Crippen LogP contribution >= 0.6 is 11.5 Å². The van der Waals surface area contributed by atoms with Gasteiger partial charge in [0, 0.05) is 5.41 Å². The largest absolute Gasteiger partial charge is 0.497 e. The van der Waals surface area contributed by atoms with Gasteiger partial charge >= 0.3 is 0 Å². The van der Waals surface area contributed by atoms with Gasteiger partial charge in [0.05, 0.1) is 23.7 Å². The highest BCUT2D eigenvalue weighted by Gasteiger charge is 2.26. The number of nitrogens with zero attached hydrogens (tertiary/aromatic N) is 2. The van der Waals surface area contributed by atoms with Crippen LogP contribution in [0, 0.1) is 0 Å². The lowest BCUT2D eigenvalue weighted by Gasteiger charge is -2.19. The summed E-state index contributed by atoms with van der Waals surface area (Å²) in [6.45, 7) is 6.36. The van der Waals surface area contributed by atoms with E-state index in [0.29, 0.717) is 0 Å². The molecule has 0 bridgehead atoms. The van der Waals surface area contributed by atoms with Crippen LogP contribution in [0.1, 0.15) is 42.9 Å². The summed E-state index contributed by atoms with van der Waals surface area (Å²) < 4.78 is 9.21. The molecule has 0 aliphatic rings. The van der Waals surface area contributed by atoms with Crippen LogP contribution in [0.25, 0.3) is 0 Å². The maximum absolute atomic E-state index is 6.34. The Hall–Kier alpha value is -1.46. The second-order valence-electron chi connectivity index (χ2n) is 5.49. The Kier molecular flexibility index (Phi) is 3.87. The predicted molar refractivity (Wildman–Crippen MR) is 77.6 cm³/mol. The van der Waals surface area contributed by atoms with Crippen LogP contribution in [-0.4, -0.2) is 16.7 Å². The average Bonchev–Trinajstić information content (AvgIpc) is 2.87. The van der Waals surface area contributed by atoms with E-state index in [0.717, 1.165) is 21.9 Å². The van der Waals surface area contributed by atoms with Crippen molar-refractivity contribution in [1.29, 1.82) is 0 Å². The van der Waals surface area contributed by atoms with Gasteiger partial charge in [0.1, 0.15) is 5.75 Å². The first-order valence-corrected chi connectivity index (χ1v) is 6.93. The van der Waals surface area contributed by atoms with Crippen LogP contribution in [0.3, 0.4) is 0 Å². The smallest absolute Gasteiger partial charge is 0.118 e. The SMILES string of the molecule is COc1ccc(C(N)c2snnc2C(C)(C)C)cc1.